The molecule has 0 saturated heterocycles. The van der Waals surface area contributed by atoms with Crippen LogP contribution in [0.4, 0.5) is 5.69 Å². The van der Waals surface area contributed by atoms with E-state index in [2.05, 4.69) is 25.5 Å². The van der Waals surface area contributed by atoms with Gasteiger partial charge in [0, 0.05) is 42.5 Å². The predicted molar refractivity (Wildman–Crippen MR) is 135 cm³/mol. The van der Waals surface area contributed by atoms with E-state index >= 15 is 0 Å². The molecule has 1 aliphatic carbocycles. The number of nitrogens with one attached hydrogen (secondary N) is 2. The van der Waals surface area contributed by atoms with Crippen LogP contribution in [0.3, 0.4) is 0 Å². The number of nitrogens with zero attached hydrogens (tertiary/aromatic N) is 5. The van der Waals surface area contributed by atoms with Gasteiger partial charge in [-0.15, -0.1) is 5.10 Å². The number of imidazole rings is 1. The number of hydrogen-bond acceptors (Lipinski definition) is 7. The van der Waals surface area contributed by atoms with Crippen molar-refractivity contribution in [3.8, 4) is 22.9 Å². The number of anilines is 1. The summed E-state index contributed by atoms with van der Waals surface area (Å²) in [6, 6.07) is 11.6. The first-order valence-electron chi connectivity index (χ1n) is 11.7. The van der Waals surface area contributed by atoms with E-state index in [0.29, 0.717) is 28.9 Å². The first-order valence-corrected chi connectivity index (χ1v) is 11.7. The number of ether oxygens (including phenoxy) is 1. The Balaban J connectivity index is 1.51. The second kappa shape index (κ2) is 9.71. The van der Waals surface area contributed by atoms with Crippen LogP contribution in [0.1, 0.15) is 28.8 Å². The molecule has 1 saturated carbocycles. The number of carbonyl (C=O) groups excluding carboxylic acids is 1. The van der Waals surface area contributed by atoms with Gasteiger partial charge in [0.2, 0.25) is 5.88 Å². The zero-order valence-electron chi connectivity index (χ0n) is 20.2. The number of aromatic nitrogens is 4. The molecule has 3 heterocycles. The summed E-state index contributed by atoms with van der Waals surface area (Å²) in [6.07, 6.45) is 7.26. The minimum absolute atomic E-state index is 0.0210. The Morgan fingerprint density at radius 1 is 1.20 bits per heavy atom. The fourth-order valence-corrected chi connectivity index (χ4v) is 3.83. The Hall–Kier alpha value is -3.98. The summed E-state index contributed by atoms with van der Waals surface area (Å²) < 4.78 is 7.79. The smallest absolute Gasteiger partial charge is 0.251 e. The quantitative estimate of drug-likeness (QED) is 0.384. The molecule has 35 heavy (non-hydrogen) atoms. The summed E-state index contributed by atoms with van der Waals surface area (Å²) in [5, 5.41) is 11.2. The van der Waals surface area contributed by atoms with Crippen molar-refractivity contribution in [2.45, 2.75) is 25.8 Å². The molecule has 0 bridgehead atoms. The highest BCUT2D eigenvalue weighted by Crippen LogP contribution is 2.30. The van der Waals surface area contributed by atoms with Crippen molar-refractivity contribution in [2.75, 3.05) is 32.5 Å². The van der Waals surface area contributed by atoms with E-state index in [9.17, 15) is 4.79 Å². The lowest BCUT2D eigenvalue weighted by Gasteiger charge is -2.14. The summed E-state index contributed by atoms with van der Waals surface area (Å²) in [4.78, 5) is 23.4. The number of carbonyl (C=O) groups is 1. The first-order chi connectivity index (χ1) is 17.0. The van der Waals surface area contributed by atoms with E-state index < -0.39 is 0 Å². The molecule has 5 rings (SSSR count). The Bertz CT molecular complexity index is 1350. The molecule has 9 nitrogen and oxygen atoms in total. The van der Waals surface area contributed by atoms with E-state index in [1.54, 1.807) is 23.1 Å². The van der Waals surface area contributed by atoms with Gasteiger partial charge < -0.3 is 20.3 Å². The topological polar surface area (TPSA) is 96.7 Å². The van der Waals surface area contributed by atoms with Crippen LogP contribution in [0.15, 0.2) is 55.0 Å². The predicted octanol–water partition coefficient (Wildman–Crippen LogP) is 3.76. The molecule has 1 aromatic carbocycles. The standard InChI is InChI=1S/C26H29N7O2/c1-17-13-18(6-9-21(17)26(34)30-19-7-8-19)23-16-29-25-22(28-11-12-32(2)3)14-24(31-33(23)25)35-20-5-4-10-27-15-20/h4-6,9-10,13-16,19,28H,7-8,11-12H2,1-3H3,(H,30,34). The lowest BCUT2D eigenvalue weighted by molar-refractivity contribution is 0.0950. The van der Waals surface area contributed by atoms with Gasteiger partial charge in [-0.2, -0.15) is 0 Å². The molecule has 0 unspecified atom stereocenters. The molecule has 180 valence electrons. The lowest BCUT2D eigenvalue weighted by atomic mass is 10.0. The summed E-state index contributed by atoms with van der Waals surface area (Å²) in [5.41, 5.74) is 4.85. The van der Waals surface area contributed by atoms with Crippen LogP contribution in [0.2, 0.25) is 0 Å². The van der Waals surface area contributed by atoms with Gasteiger partial charge in [0.15, 0.2) is 5.65 Å². The molecule has 1 amide bonds. The number of pyridine rings is 1. The Labute approximate surface area is 204 Å². The average Bonchev–Trinajstić information content (AvgIpc) is 3.54. The van der Waals surface area contributed by atoms with Crippen LogP contribution in [0.5, 0.6) is 11.6 Å². The van der Waals surface area contributed by atoms with Gasteiger partial charge in [-0.3, -0.25) is 9.78 Å². The molecule has 0 spiro atoms. The first kappa shape index (κ1) is 22.8. The normalized spacial score (nSPS) is 13.3. The molecular formula is C26H29N7O2. The number of rotatable bonds is 9. The zero-order chi connectivity index (χ0) is 24.4. The molecule has 0 aliphatic heterocycles. The molecule has 1 aliphatic rings. The minimum Gasteiger partial charge on any atom is -0.436 e. The van der Waals surface area contributed by atoms with Crippen LogP contribution >= 0.6 is 0 Å². The van der Waals surface area contributed by atoms with Crippen molar-refractivity contribution in [1.82, 2.24) is 29.8 Å². The van der Waals surface area contributed by atoms with Crippen molar-refractivity contribution in [2.24, 2.45) is 0 Å². The number of hydrogen-bond donors (Lipinski definition) is 2. The molecule has 1 fully saturated rings. The van der Waals surface area contributed by atoms with Crippen LogP contribution in [0, 0.1) is 6.92 Å². The Morgan fingerprint density at radius 3 is 2.77 bits per heavy atom. The summed E-state index contributed by atoms with van der Waals surface area (Å²) in [6.45, 7) is 3.56. The van der Waals surface area contributed by atoms with E-state index in [-0.39, 0.29) is 5.91 Å². The van der Waals surface area contributed by atoms with E-state index in [1.807, 2.05) is 57.4 Å². The van der Waals surface area contributed by atoms with Crippen LogP contribution in [-0.2, 0) is 0 Å². The largest absolute Gasteiger partial charge is 0.436 e. The van der Waals surface area contributed by atoms with Gasteiger partial charge in [0.1, 0.15) is 5.75 Å². The molecule has 3 aromatic heterocycles. The molecule has 4 aromatic rings. The van der Waals surface area contributed by atoms with E-state index in [4.69, 9.17) is 9.84 Å². The summed E-state index contributed by atoms with van der Waals surface area (Å²) >= 11 is 0. The van der Waals surface area contributed by atoms with Crippen molar-refractivity contribution in [3.63, 3.8) is 0 Å². The maximum atomic E-state index is 12.6. The van der Waals surface area contributed by atoms with Crippen molar-refractivity contribution in [1.29, 1.82) is 0 Å². The van der Waals surface area contributed by atoms with Gasteiger partial charge in [0.25, 0.3) is 5.91 Å². The second-order valence-corrected chi connectivity index (χ2v) is 9.07. The minimum atomic E-state index is -0.0210. The molecule has 0 radical (unpaired) electrons. The maximum absolute atomic E-state index is 12.6. The average molecular weight is 472 g/mol. The Kier molecular flexibility index (Phi) is 6.33. The van der Waals surface area contributed by atoms with Crippen LogP contribution in [-0.4, -0.2) is 63.6 Å². The number of amides is 1. The van der Waals surface area contributed by atoms with Gasteiger partial charge in [-0.1, -0.05) is 6.07 Å². The third-order valence-electron chi connectivity index (χ3n) is 5.86. The fourth-order valence-electron chi connectivity index (χ4n) is 3.83. The number of aryl methyl sites for hydroxylation is 1. The summed E-state index contributed by atoms with van der Waals surface area (Å²) in [7, 11) is 4.07. The molecule has 2 N–H and O–H groups in total. The maximum Gasteiger partial charge on any atom is 0.251 e. The van der Waals surface area contributed by atoms with E-state index in [0.717, 1.165) is 48.4 Å². The third-order valence-corrected chi connectivity index (χ3v) is 5.86. The van der Waals surface area contributed by atoms with Crippen molar-refractivity contribution in [3.05, 3.63) is 66.1 Å². The molecular weight excluding hydrogens is 442 g/mol. The monoisotopic (exact) mass is 471 g/mol. The number of benzene rings is 1. The number of fused-ring (bicyclic) bond motifs is 1. The molecule has 9 heteroatoms. The van der Waals surface area contributed by atoms with Gasteiger partial charge in [-0.05, 0) is 63.7 Å². The SMILES string of the molecule is Cc1cc(-c2cnc3c(NCCN(C)C)cc(Oc4cccnc4)nn23)ccc1C(=O)NC1CC1. The Morgan fingerprint density at radius 2 is 2.06 bits per heavy atom. The van der Waals surface area contributed by atoms with Crippen LogP contribution < -0.4 is 15.4 Å². The highest BCUT2D eigenvalue weighted by atomic mass is 16.5. The van der Waals surface area contributed by atoms with Gasteiger partial charge >= 0.3 is 0 Å². The second-order valence-electron chi connectivity index (χ2n) is 9.07. The van der Waals surface area contributed by atoms with Gasteiger partial charge in [-0.25, -0.2) is 9.50 Å². The van der Waals surface area contributed by atoms with Gasteiger partial charge in [0.05, 0.1) is 23.8 Å². The highest BCUT2D eigenvalue weighted by Gasteiger charge is 2.24. The van der Waals surface area contributed by atoms with Crippen LogP contribution in [0.25, 0.3) is 16.9 Å². The van der Waals surface area contributed by atoms with Crippen molar-refractivity contribution < 1.29 is 9.53 Å². The lowest BCUT2D eigenvalue weighted by Crippen LogP contribution is -2.26. The summed E-state index contributed by atoms with van der Waals surface area (Å²) in [5.74, 6) is 1.00. The number of likely N-dealkylation sites (N-methyl/N-ethyl adjacent to an activating group) is 1. The van der Waals surface area contributed by atoms with Crippen molar-refractivity contribution >= 4 is 17.2 Å². The molecule has 0 atom stereocenters. The van der Waals surface area contributed by atoms with E-state index in [1.165, 1.54) is 0 Å². The highest BCUT2D eigenvalue weighted by molar-refractivity contribution is 5.96. The third kappa shape index (κ3) is 5.25. The zero-order valence-corrected chi connectivity index (χ0v) is 20.2. The fraction of sp³-hybridized carbons (Fsp3) is 0.308.